The highest BCUT2D eigenvalue weighted by atomic mass is 35.5. The third kappa shape index (κ3) is 5.61. The predicted molar refractivity (Wildman–Crippen MR) is 96.9 cm³/mol. The normalized spacial score (nSPS) is 17.7. The van der Waals surface area contributed by atoms with Gasteiger partial charge in [-0.25, -0.2) is 4.79 Å². The molecule has 2 amide bonds. The SMILES string of the molecule is CCCCOC(=O)N1CCCOCC1c1cc(NC(C)=O)ccc1Cl. The molecular formula is C18H25ClN2O4. The fourth-order valence-electron chi connectivity index (χ4n) is 2.72. The van der Waals surface area contributed by atoms with Crippen molar-refractivity contribution in [3.05, 3.63) is 28.8 Å². The van der Waals surface area contributed by atoms with Crippen LogP contribution in [-0.4, -0.2) is 43.3 Å². The van der Waals surface area contributed by atoms with Crippen LogP contribution in [0.3, 0.4) is 0 Å². The standard InChI is InChI=1S/C18H25ClN2O4/c1-3-4-10-25-18(23)21-8-5-9-24-12-17(21)15-11-14(20-13(2)22)6-7-16(15)19/h6-7,11,17H,3-5,8-10,12H2,1-2H3,(H,20,22). The summed E-state index contributed by atoms with van der Waals surface area (Å²) in [4.78, 5) is 25.5. The number of benzene rings is 1. The van der Waals surface area contributed by atoms with Crippen molar-refractivity contribution in [2.45, 2.75) is 39.2 Å². The van der Waals surface area contributed by atoms with Gasteiger partial charge in [-0.2, -0.15) is 0 Å². The van der Waals surface area contributed by atoms with E-state index in [1.54, 1.807) is 23.1 Å². The molecule has 1 heterocycles. The molecule has 1 N–H and O–H groups in total. The number of hydrogen-bond donors (Lipinski definition) is 1. The molecule has 1 fully saturated rings. The molecule has 1 aliphatic rings. The minimum Gasteiger partial charge on any atom is -0.449 e. The van der Waals surface area contributed by atoms with Gasteiger partial charge >= 0.3 is 6.09 Å². The fraction of sp³-hybridized carbons (Fsp3) is 0.556. The summed E-state index contributed by atoms with van der Waals surface area (Å²) in [6.07, 6.45) is 2.18. The van der Waals surface area contributed by atoms with Gasteiger partial charge in [-0.15, -0.1) is 0 Å². The molecule has 25 heavy (non-hydrogen) atoms. The first-order chi connectivity index (χ1) is 12.0. The Morgan fingerprint density at radius 1 is 1.44 bits per heavy atom. The Morgan fingerprint density at radius 2 is 2.24 bits per heavy atom. The van der Waals surface area contributed by atoms with Gasteiger partial charge in [0.1, 0.15) is 0 Å². The predicted octanol–water partition coefficient (Wildman–Crippen LogP) is 4.00. The Morgan fingerprint density at radius 3 is 2.96 bits per heavy atom. The highest BCUT2D eigenvalue weighted by Gasteiger charge is 2.30. The van der Waals surface area contributed by atoms with Crippen molar-refractivity contribution < 1.29 is 19.1 Å². The van der Waals surface area contributed by atoms with Crippen LogP contribution in [0.15, 0.2) is 18.2 Å². The first kappa shape index (κ1) is 19.5. The van der Waals surface area contributed by atoms with Gasteiger partial charge in [0, 0.05) is 30.8 Å². The topological polar surface area (TPSA) is 67.9 Å². The Bertz CT molecular complexity index is 609. The van der Waals surface area contributed by atoms with Crippen LogP contribution in [0.1, 0.15) is 44.7 Å². The van der Waals surface area contributed by atoms with E-state index in [9.17, 15) is 9.59 Å². The van der Waals surface area contributed by atoms with Crippen molar-refractivity contribution in [3.8, 4) is 0 Å². The van der Waals surface area contributed by atoms with E-state index in [1.165, 1.54) is 6.92 Å². The third-order valence-corrected chi connectivity index (χ3v) is 4.32. The lowest BCUT2D eigenvalue weighted by atomic mass is 10.0. The van der Waals surface area contributed by atoms with Crippen LogP contribution >= 0.6 is 11.6 Å². The molecular weight excluding hydrogens is 344 g/mol. The van der Waals surface area contributed by atoms with Crippen molar-refractivity contribution in [1.29, 1.82) is 0 Å². The summed E-state index contributed by atoms with van der Waals surface area (Å²) >= 11 is 6.37. The number of carbonyl (C=O) groups is 2. The number of amides is 2. The summed E-state index contributed by atoms with van der Waals surface area (Å²) in [5, 5.41) is 3.26. The number of unbranched alkanes of at least 4 members (excludes halogenated alkanes) is 1. The lowest BCUT2D eigenvalue weighted by Crippen LogP contribution is -2.37. The van der Waals surface area contributed by atoms with Crippen LogP contribution in [0, 0.1) is 0 Å². The quantitative estimate of drug-likeness (QED) is 0.797. The maximum absolute atomic E-state index is 12.5. The molecule has 1 aromatic carbocycles. The van der Waals surface area contributed by atoms with E-state index in [4.69, 9.17) is 21.1 Å². The summed E-state index contributed by atoms with van der Waals surface area (Å²) < 4.78 is 11.0. The number of anilines is 1. The lowest BCUT2D eigenvalue weighted by Gasteiger charge is -2.29. The number of nitrogens with one attached hydrogen (secondary N) is 1. The highest BCUT2D eigenvalue weighted by Crippen LogP contribution is 2.32. The van der Waals surface area contributed by atoms with Gasteiger partial charge in [0.25, 0.3) is 0 Å². The third-order valence-electron chi connectivity index (χ3n) is 3.97. The Labute approximate surface area is 153 Å². The monoisotopic (exact) mass is 368 g/mol. The number of carbonyl (C=O) groups excluding carboxylic acids is 2. The molecule has 0 radical (unpaired) electrons. The van der Waals surface area contributed by atoms with Crippen LogP contribution in [0.25, 0.3) is 0 Å². The summed E-state index contributed by atoms with van der Waals surface area (Å²) in [6.45, 7) is 5.35. The lowest BCUT2D eigenvalue weighted by molar-refractivity contribution is -0.114. The number of nitrogens with zero attached hydrogens (tertiary/aromatic N) is 1. The van der Waals surface area contributed by atoms with Crippen molar-refractivity contribution >= 4 is 29.3 Å². The molecule has 1 atom stereocenters. The highest BCUT2D eigenvalue weighted by molar-refractivity contribution is 6.31. The van der Waals surface area contributed by atoms with Crippen LogP contribution in [0.4, 0.5) is 10.5 Å². The molecule has 7 heteroatoms. The first-order valence-corrected chi connectivity index (χ1v) is 8.99. The van der Waals surface area contributed by atoms with E-state index in [2.05, 4.69) is 5.32 Å². The number of halogens is 1. The van der Waals surface area contributed by atoms with Crippen molar-refractivity contribution in [2.24, 2.45) is 0 Å². The Hall–Kier alpha value is -1.79. The van der Waals surface area contributed by atoms with E-state index in [1.807, 2.05) is 6.92 Å². The minimum atomic E-state index is -0.357. The average molecular weight is 369 g/mol. The number of ether oxygens (including phenoxy) is 2. The largest absolute Gasteiger partial charge is 0.449 e. The molecule has 0 aromatic heterocycles. The molecule has 0 spiro atoms. The molecule has 2 rings (SSSR count). The molecule has 0 bridgehead atoms. The molecule has 1 aliphatic heterocycles. The van der Waals surface area contributed by atoms with Crippen LogP contribution in [-0.2, 0) is 14.3 Å². The summed E-state index contributed by atoms with van der Waals surface area (Å²) in [5.74, 6) is -0.166. The zero-order valence-corrected chi connectivity index (χ0v) is 15.5. The molecule has 0 saturated carbocycles. The second kappa shape index (κ2) is 9.63. The van der Waals surface area contributed by atoms with Crippen LogP contribution in [0.2, 0.25) is 5.02 Å². The van der Waals surface area contributed by atoms with Crippen molar-refractivity contribution in [1.82, 2.24) is 4.90 Å². The van der Waals surface area contributed by atoms with Gasteiger partial charge in [0.05, 0.1) is 19.3 Å². The number of rotatable bonds is 5. The average Bonchev–Trinajstić information content (AvgIpc) is 2.82. The zero-order valence-electron chi connectivity index (χ0n) is 14.7. The summed E-state index contributed by atoms with van der Waals surface area (Å²) in [6, 6.07) is 4.88. The maximum Gasteiger partial charge on any atom is 0.410 e. The second-order valence-corrected chi connectivity index (χ2v) is 6.43. The zero-order chi connectivity index (χ0) is 18.2. The molecule has 0 aliphatic carbocycles. The Kier molecular flexibility index (Phi) is 7.52. The smallest absolute Gasteiger partial charge is 0.410 e. The fourth-order valence-corrected chi connectivity index (χ4v) is 2.96. The summed E-state index contributed by atoms with van der Waals surface area (Å²) in [7, 11) is 0. The van der Waals surface area contributed by atoms with Gasteiger partial charge < -0.3 is 14.8 Å². The second-order valence-electron chi connectivity index (χ2n) is 6.02. The molecule has 1 aromatic rings. The van der Waals surface area contributed by atoms with Crippen LogP contribution in [0.5, 0.6) is 0 Å². The van der Waals surface area contributed by atoms with Gasteiger partial charge in [0.2, 0.25) is 5.91 Å². The first-order valence-electron chi connectivity index (χ1n) is 8.61. The van der Waals surface area contributed by atoms with E-state index in [-0.39, 0.29) is 18.0 Å². The van der Waals surface area contributed by atoms with E-state index >= 15 is 0 Å². The number of hydrogen-bond acceptors (Lipinski definition) is 4. The van der Waals surface area contributed by atoms with Gasteiger partial charge in [-0.3, -0.25) is 9.69 Å². The van der Waals surface area contributed by atoms with Gasteiger partial charge in [0.15, 0.2) is 0 Å². The van der Waals surface area contributed by atoms with Gasteiger partial charge in [-0.05, 0) is 36.6 Å². The van der Waals surface area contributed by atoms with Crippen LogP contribution < -0.4 is 5.32 Å². The Balaban J connectivity index is 2.25. The molecule has 6 nitrogen and oxygen atoms in total. The van der Waals surface area contributed by atoms with E-state index in [0.717, 1.165) is 24.8 Å². The molecule has 1 saturated heterocycles. The van der Waals surface area contributed by atoms with E-state index in [0.29, 0.717) is 37.1 Å². The molecule has 138 valence electrons. The van der Waals surface area contributed by atoms with Crippen molar-refractivity contribution in [2.75, 3.05) is 31.7 Å². The van der Waals surface area contributed by atoms with E-state index < -0.39 is 0 Å². The van der Waals surface area contributed by atoms with Crippen molar-refractivity contribution in [3.63, 3.8) is 0 Å². The van der Waals surface area contributed by atoms with Gasteiger partial charge in [-0.1, -0.05) is 24.9 Å². The molecule has 1 unspecified atom stereocenters. The minimum absolute atomic E-state index is 0.166. The maximum atomic E-state index is 12.5. The summed E-state index contributed by atoms with van der Waals surface area (Å²) in [5.41, 5.74) is 1.37.